The van der Waals surface area contributed by atoms with Crippen LogP contribution in [0.3, 0.4) is 0 Å². The molecule has 2 aromatic rings. The molecule has 114 valence electrons. The van der Waals surface area contributed by atoms with Gasteiger partial charge in [-0.2, -0.15) is 5.10 Å². The van der Waals surface area contributed by atoms with E-state index in [2.05, 4.69) is 15.8 Å². The Morgan fingerprint density at radius 1 is 1.18 bits per heavy atom. The second-order valence-corrected chi connectivity index (χ2v) is 4.68. The number of benzene rings is 2. The average molecular weight is 303 g/mol. The number of hydrogen-bond donors (Lipinski definition) is 2. The fraction of sp³-hybridized carbons (Fsp3) is 0.125. The number of hydrazone groups is 1. The first kappa shape index (κ1) is 15.6. The van der Waals surface area contributed by atoms with Crippen molar-refractivity contribution in [2.75, 3.05) is 11.9 Å². The molecule has 0 atom stereocenters. The Morgan fingerprint density at radius 2 is 1.91 bits per heavy atom. The third-order valence-corrected chi connectivity index (χ3v) is 2.86. The highest BCUT2D eigenvalue weighted by Crippen LogP contribution is 2.08. The number of halogens is 2. The molecule has 0 fully saturated rings. The van der Waals surface area contributed by atoms with E-state index in [1.807, 2.05) is 31.2 Å². The quantitative estimate of drug-likeness (QED) is 0.659. The van der Waals surface area contributed by atoms with E-state index in [0.717, 1.165) is 29.6 Å². The van der Waals surface area contributed by atoms with Gasteiger partial charge in [-0.3, -0.25) is 4.79 Å². The summed E-state index contributed by atoms with van der Waals surface area (Å²) in [5.74, 6) is -1.78. The number of carbonyl (C=O) groups is 1. The largest absolute Gasteiger partial charge is 0.376 e. The number of amides is 1. The van der Waals surface area contributed by atoms with Gasteiger partial charge < -0.3 is 5.32 Å². The average Bonchev–Trinajstić information content (AvgIpc) is 2.49. The van der Waals surface area contributed by atoms with Gasteiger partial charge in [0.05, 0.1) is 12.8 Å². The summed E-state index contributed by atoms with van der Waals surface area (Å²) in [7, 11) is 0. The van der Waals surface area contributed by atoms with E-state index < -0.39 is 11.6 Å². The molecule has 0 saturated carbocycles. The van der Waals surface area contributed by atoms with Crippen LogP contribution in [0.4, 0.5) is 14.5 Å². The minimum atomic E-state index is -0.740. The van der Waals surface area contributed by atoms with Crippen molar-refractivity contribution < 1.29 is 13.6 Å². The van der Waals surface area contributed by atoms with Gasteiger partial charge in [-0.15, -0.1) is 0 Å². The first-order valence-electron chi connectivity index (χ1n) is 6.62. The zero-order chi connectivity index (χ0) is 15.9. The van der Waals surface area contributed by atoms with Gasteiger partial charge >= 0.3 is 0 Å². The lowest BCUT2D eigenvalue weighted by Gasteiger charge is -2.05. The van der Waals surface area contributed by atoms with Crippen molar-refractivity contribution >= 4 is 17.8 Å². The summed E-state index contributed by atoms with van der Waals surface area (Å²) in [6.07, 6.45) is 1.12. The zero-order valence-electron chi connectivity index (χ0n) is 11.9. The van der Waals surface area contributed by atoms with Crippen LogP contribution >= 0.6 is 0 Å². The molecule has 0 aliphatic carbocycles. The van der Waals surface area contributed by atoms with E-state index in [1.165, 1.54) is 6.07 Å². The van der Waals surface area contributed by atoms with Crippen molar-refractivity contribution in [2.45, 2.75) is 6.92 Å². The molecule has 2 aromatic carbocycles. The molecule has 0 spiro atoms. The number of hydrogen-bond acceptors (Lipinski definition) is 3. The van der Waals surface area contributed by atoms with Gasteiger partial charge in [0, 0.05) is 17.3 Å². The van der Waals surface area contributed by atoms with E-state index in [9.17, 15) is 13.6 Å². The molecule has 0 aliphatic heterocycles. The minimum absolute atomic E-state index is 0.0340. The number of nitrogens with one attached hydrogen (secondary N) is 2. The Balaban J connectivity index is 1.82. The Bertz CT molecular complexity index is 684. The summed E-state index contributed by atoms with van der Waals surface area (Å²) in [5.41, 5.74) is 4.29. The summed E-state index contributed by atoms with van der Waals surface area (Å²) in [4.78, 5) is 11.6. The highest BCUT2D eigenvalue weighted by atomic mass is 19.1. The molecule has 22 heavy (non-hydrogen) atoms. The summed E-state index contributed by atoms with van der Waals surface area (Å²) in [6, 6.07) is 10.7. The first-order chi connectivity index (χ1) is 10.5. The standard InChI is InChI=1S/C16H15F2N3O/c1-11-2-6-14(7-3-11)19-10-16(22)21-20-9-12-4-5-13(17)8-15(12)18/h2-9,19H,10H2,1H3,(H,21,22)/b20-9+. The molecule has 0 heterocycles. The lowest BCUT2D eigenvalue weighted by atomic mass is 10.2. The molecule has 2 rings (SSSR count). The van der Waals surface area contributed by atoms with E-state index in [0.29, 0.717) is 0 Å². The summed E-state index contributed by atoms with van der Waals surface area (Å²) in [6.45, 7) is 2.01. The molecule has 4 nitrogen and oxygen atoms in total. The maximum absolute atomic E-state index is 13.3. The molecular formula is C16H15F2N3O. The predicted molar refractivity (Wildman–Crippen MR) is 81.8 cm³/mol. The molecule has 0 saturated heterocycles. The Labute approximate surface area is 126 Å². The molecular weight excluding hydrogens is 288 g/mol. The zero-order valence-corrected chi connectivity index (χ0v) is 11.9. The van der Waals surface area contributed by atoms with E-state index >= 15 is 0 Å². The number of carbonyl (C=O) groups excluding carboxylic acids is 1. The van der Waals surface area contributed by atoms with Crippen molar-refractivity contribution in [1.29, 1.82) is 0 Å². The van der Waals surface area contributed by atoms with Crippen molar-refractivity contribution in [3.8, 4) is 0 Å². The SMILES string of the molecule is Cc1ccc(NCC(=O)N/N=C/c2ccc(F)cc2F)cc1. The number of rotatable bonds is 5. The van der Waals surface area contributed by atoms with Gasteiger partial charge in [0.25, 0.3) is 5.91 Å². The van der Waals surface area contributed by atoms with Gasteiger partial charge in [0.2, 0.25) is 0 Å². The molecule has 0 bridgehead atoms. The predicted octanol–water partition coefficient (Wildman–Crippen LogP) is 2.84. The fourth-order valence-electron chi connectivity index (χ4n) is 1.67. The molecule has 0 aromatic heterocycles. The summed E-state index contributed by atoms with van der Waals surface area (Å²) < 4.78 is 26.0. The molecule has 2 N–H and O–H groups in total. The highest BCUT2D eigenvalue weighted by molar-refractivity contribution is 5.84. The maximum atomic E-state index is 13.3. The number of nitrogens with zero attached hydrogens (tertiary/aromatic N) is 1. The van der Waals surface area contributed by atoms with Crippen molar-refractivity contribution in [1.82, 2.24) is 5.43 Å². The van der Waals surface area contributed by atoms with Gasteiger partial charge in [-0.05, 0) is 31.2 Å². The molecule has 0 aliphatic rings. The van der Waals surface area contributed by atoms with Crippen molar-refractivity contribution in [2.24, 2.45) is 5.10 Å². The second kappa shape index (κ2) is 7.31. The van der Waals surface area contributed by atoms with Gasteiger partial charge in [0.1, 0.15) is 11.6 Å². The second-order valence-electron chi connectivity index (χ2n) is 4.68. The summed E-state index contributed by atoms with van der Waals surface area (Å²) in [5, 5.41) is 6.56. The van der Waals surface area contributed by atoms with Gasteiger partial charge in [0.15, 0.2) is 0 Å². The van der Waals surface area contributed by atoms with E-state index in [1.54, 1.807) is 0 Å². The first-order valence-corrected chi connectivity index (χ1v) is 6.62. The van der Waals surface area contributed by atoms with Crippen LogP contribution in [0.2, 0.25) is 0 Å². The normalized spacial score (nSPS) is 10.7. The highest BCUT2D eigenvalue weighted by Gasteiger charge is 2.02. The van der Waals surface area contributed by atoms with Crippen molar-refractivity contribution in [3.63, 3.8) is 0 Å². The van der Waals surface area contributed by atoms with Crippen LogP contribution in [0.1, 0.15) is 11.1 Å². The third kappa shape index (κ3) is 4.66. The van der Waals surface area contributed by atoms with Gasteiger partial charge in [-0.1, -0.05) is 17.7 Å². The lowest BCUT2D eigenvalue weighted by molar-refractivity contribution is -0.119. The smallest absolute Gasteiger partial charge is 0.259 e. The van der Waals surface area contributed by atoms with Crippen LogP contribution in [-0.4, -0.2) is 18.7 Å². The molecule has 0 radical (unpaired) electrons. The number of anilines is 1. The minimum Gasteiger partial charge on any atom is -0.376 e. The van der Waals surface area contributed by atoms with E-state index in [-0.39, 0.29) is 18.0 Å². The molecule has 6 heteroatoms. The van der Waals surface area contributed by atoms with Crippen LogP contribution in [0.5, 0.6) is 0 Å². The summed E-state index contributed by atoms with van der Waals surface area (Å²) >= 11 is 0. The van der Waals surface area contributed by atoms with Crippen molar-refractivity contribution in [3.05, 3.63) is 65.2 Å². The fourth-order valence-corrected chi connectivity index (χ4v) is 1.67. The lowest BCUT2D eigenvalue weighted by Crippen LogP contribution is -2.25. The Hall–Kier alpha value is -2.76. The van der Waals surface area contributed by atoms with Crippen LogP contribution in [0.25, 0.3) is 0 Å². The van der Waals surface area contributed by atoms with Gasteiger partial charge in [-0.25, -0.2) is 14.2 Å². The van der Waals surface area contributed by atoms with Crippen LogP contribution in [0.15, 0.2) is 47.6 Å². The molecule has 1 amide bonds. The van der Waals surface area contributed by atoms with Crippen LogP contribution in [0, 0.1) is 18.6 Å². The maximum Gasteiger partial charge on any atom is 0.259 e. The molecule has 0 unspecified atom stereocenters. The third-order valence-electron chi connectivity index (χ3n) is 2.86. The topological polar surface area (TPSA) is 53.5 Å². The monoisotopic (exact) mass is 303 g/mol. The van der Waals surface area contributed by atoms with E-state index in [4.69, 9.17) is 0 Å². The Morgan fingerprint density at radius 3 is 2.59 bits per heavy atom. The Kier molecular flexibility index (Phi) is 5.19. The van der Waals surface area contributed by atoms with Crippen LogP contribution in [-0.2, 0) is 4.79 Å². The number of aryl methyl sites for hydroxylation is 1. The van der Waals surface area contributed by atoms with Crippen LogP contribution < -0.4 is 10.7 Å².